The van der Waals surface area contributed by atoms with Gasteiger partial charge in [-0.05, 0) is 18.4 Å². The van der Waals surface area contributed by atoms with E-state index in [1.165, 1.54) is 12.0 Å². The van der Waals surface area contributed by atoms with Crippen LogP contribution in [0, 0.1) is 12.3 Å². The number of hydrogen-bond donors (Lipinski definition) is 1. The fourth-order valence-electron chi connectivity index (χ4n) is 2.72. The molecule has 3 rings (SSSR count). The molecule has 1 unspecified atom stereocenters. The molecule has 0 spiro atoms. The van der Waals surface area contributed by atoms with Gasteiger partial charge in [-0.25, -0.2) is 0 Å². The lowest BCUT2D eigenvalue weighted by atomic mass is 9.64. The Hall–Kier alpha value is -2.12. The zero-order valence-electron chi connectivity index (χ0n) is 11.2. The smallest absolute Gasteiger partial charge is 0.244 e. The predicted molar refractivity (Wildman–Crippen MR) is 75.7 cm³/mol. The van der Waals surface area contributed by atoms with E-state index in [4.69, 9.17) is 16.7 Å². The van der Waals surface area contributed by atoms with Crippen LogP contribution in [0.3, 0.4) is 0 Å². The highest BCUT2D eigenvalue weighted by Crippen LogP contribution is 2.47. The normalized spacial score (nSPS) is 18.0. The summed E-state index contributed by atoms with van der Waals surface area (Å²) >= 11 is 0. The highest BCUT2D eigenvalue weighted by Gasteiger charge is 2.44. The maximum Gasteiger partial charge on any atom is 0.244 e. The van der Waals surface area contributed by atoms with Crippen molar-refractivity contribution in [1.29, 1.82) is 0 Å². The van der Waals surface area contributed by atoms with Gasteiger partial charge in [0.1, 0.15) is 0 Å². The van der Waals surface area contributed by atoms with Gasteiger partial charge in [-0.1, -0.05) is 41.9 Å². The molecule has 1 fully saturated rings. The second kappa shape index (κ2) is 5.10. The van der Waals surface area contributed by atoms with Crippen LogP contribution in [0.15, 0.2) is 34.9 Å². The number of benzene rings is 1. The number of rotatable bonds is 4. The first kappa shape index (κ1) is 12.9. The highest BCUT2D eigenvalue weighted by atomic mass is 16.5. The molecule has 1 aromatic carbocycles. The largest absolute Gasteiger partial charge is 0.338 e. The molecule has 1 aliphatic carbocycles. The van der Waals surface area contributed by atoms with Gasteiger partial charge in [-0.3, -0.25) is 0 Å². The topological polar surface area (TPSA) is 64.9 Å². The Balaban J connectivity index is 1.93. The lowest BCUT2D eigenvalue weighted by Crippen LogP contribution is -2.36. The standard InChI is InChI=1S/C16H17N3O/c1-2-7-13(17)14-18-15(19-20-14)16(10-6-11-16)12-8-4-3-5-9-12/h1,3-5,8-9,13H,6-7,10-11,17H2. The molecule has 0 amide bonds. The quantitative estimate of drug-likeness (QED) is 0.865. The first-order chi connectivity index (χ1) is 9.76. The molecule has 4 nitrogen and oxygen atoms in total. The Morgan fingerprint density at radius 3 is 2.70 bits per heavy atom. The minimum atomic E-state index is -0.380. The van der Waals surface area contributed by atoms with Crippen LogP contribution in [0.2, 0.25) is 0 Å². The van der Waals surface area contributed by atoms with Crippen LogP contribution in [-0.2, 0) is 5.41 Å². The van der Waals surface area contributed by atoms with Crippen LogP contribution in [-0.4, -0.2) is 10.1 Å². The third-order valence-corrected chi connectivity index (χ3v) is 4.06. The van der Waals surface area contributed by atoms with Crippen molar-refractivity contribution in [3.63, 3.8) is 0 Å². The Kier molecular flexibility index (Phi) is 3.29. The number of nitrogens with two attached hydrogens (primary N) is 1. The average molecular weight is 267 g/mol. The van der Waals surface area contributed by atoms with Gasteiger partial charge in [0.25, 0.3) is 0 Å². The van der Waals surface area contributed by atoms with Gasteiger partial charge >= 0.3 is 0 Å². The Labute approximate surface area is 118 Å². The van der Waals surface area contributed by atoms with Crippen molar-refractivity contribution in [3.05, 3.63) is 47.6 Å². The lowest BCUT2D eigenvalue weighted by Gasteiger charge is -2.39. The van der Waals surface area contributed by atoms with Crippen molar-refractivity contribution in [1.82, 2.24) is 10.1 Å². The second-order valence-electron chi connectivity index (χ2n) is 5.27. The molecule has 0 saturated heterocycles. The Morgan fingerprint density at radius 1 is 1.35 bits per heavy atom. The van der Waals surface area contributed by atoms with Gasteiger partial charge in [0, 0.05) is 6.42 Å². The van der Waals surface area contributed by atoms with Crippen molar-refractivity contribution in [3.8, 4) is 12.3 Å². The zero-order chi connectivity index (χ0) is 14.0. The summed E-state index contributed by atoms with van der Waals surface area (Å²) in [7, 11) is 0. The molecule has 0 radical (unpaired) electrons. The van der Waals surface area contributed by atoms with Crippen molar-refractivity contribution in [2.24, 2.45) is 5.73 Å². The molecule has 1 saturated carbocycles. The van der Waals surface area contributed by atoms with E-state index in [0.29, 0.717) is 12.3 Å². The van der Waals surface area contributed by atoms with Crippen LogP contribution >= 0.6 is 0 Å². The lowest BCUT2D eigenvalue weighted by molar-refractivity contribution is 0.269. The number of hydrogen-bond acceptors (Lipinski definition) is 4. The molecular formula is C16H17N3O. The molecule has 2 N–H and O–H groups in total. The van der Waals surface area contributed by atoms with E-state index in [0.717, 1.165) is 18.7 Å². The maximum atomic E-state index is 5.92. The molecule has 4 heteroatoms. The minimum absolute atomic E-state index is 0.112. The van der Waals surface area contributed by atoms with E-state index in [9.17, 15) is 0 Å². The molecular weight excluding hydrogens is 250 g/mol. The maximum absolute atomic E-state index is 5.92. The van der Waals surface area contributed by atoms with Gasteiger partial charge < -0.3 is 10.3 Å². The summed E-state index contributed by atoms with van der Waals surface area (Å²) in [6.45, 7) is 0. The van der Waals surface area contributed by atoms with Gasteiger partial charge in [0.05, 0.1) is 11.5 Å². The summed E-state index contributed by atoms with van der Waals surface area (Å²) in [5.74, 6) is 3.69. The molecule has 1 aliphatic rings. The summed E-state index contributed by atoms with van der Waals surface area (Å²) in [5.41, 5.74) is 7.05. The Morgan fingerprint density at radius 2 is 2.10 bits per heavy atom. The summed E-state index contributed by atoms with van der Waals surface area (Å²) in [6.07, 6.45) is 8.93. The van der Waals surface area contributed by atoms with Crippen LogP contribution in [0.25, 0.3) is 0 Å². The van der Waals surface area contributed by atoms with Crippen LogP contribution < -0.4 is 5.73 Å². The van der Waals surface area contributed by atoms with Crippen molar-refractivity contribution in [2.45, 2.75) is 37.1 Å². The first-order valence-corrected chi connectivity index (χ1v) is 6.85. The fraction of sp³-hybridized carbons (Fsp3) is 0.375. The zero-order valence-corrected chi connectivity index (χ0v) is 11.2. The van der Waals surface area contributed by atoms with Crippen molar-refractivity contribution in [2.75, 3.05) is 0 Å². The van der Waals surface area contributed by atoms with E-state index in [1.54, 1.807) is 0 Å². The fourth-order valence-corrected chi connectivity index (χ4v) is 2.72. The Bertz CT molecular complexity index is 623. The van der Waals surface area contributed by atoms with Crippen LogP contribution in [0.4, 0.5) is 0 Å². The molecule has 1 atom stereocenters. The van der Waals surface area contributed by atoms with E-state index < -0.39 is 0 Å². The number of nitrogens with zero attached hydrogens (tertiary/aromatic N) is 2. The van der Waals surface area contributed by atoms with Crippen molar-refractivity contribution >= 4 is 0 Å². The molecule has 20 heavy (non-hydrogen) atoms. The number of terminal acetylenes is 1. The highest BCUT2D eigenvalue weighted by molar-refractivity contribution is 5.35. The van der Waals surface area contributed by atoms with E-state index in [2.05, 4.69) is 28.2 Å². The number of aromatic nitrogens is 2. The van der Waals surface area contributed by atoms with Crippen LogP contribution in [0.1, 0.15) is 49.0 Å². The molecule has 0 aliphatic heterocycles. The van der Waals surface area contributed by atoms with Gasteiger partial charge in [0.2, 0.25) is 5.89 Å². The van der Waals surface area contributed by atoms with Gasteiger partial charge in [0.15, 0.2) is 5.82 Å². The summed E-state index contributed by atoms with van der Waals surface area (Å²) < 4.78 is 5.30. The summed E-state index contributed by atoms with van der Waals surface area (Å²) in [6, 6.07) is 9.96. The molecule has 102 valence electrons. The summed E-state index contributed by atoms with van der Waals surface area (Å²) in [4.78, 5) is 4.50. The van der Waals surface area contributed by atoms with Gasteiger partial charge in [-0.2, -0.15) is 4.98 Å². The molecule has 0 bridgehead atoms. The molecule has 1 heterocycles. The SMILES string of the molecule is C#CCC(N)c1nc(C2(c3ccccc3)CCC2)no1. The monoisotopic (exact) mass is 267 g/mol. The van der Waals surface area contributed by atoms with E-state index in [-0.39, 0.29) is 11.5 Å². The molecule has 1 aromatic heterocycles. The third kappa shape index (κ3) is 2.00. The second-order valence-corrected chi connectivity index (χ2v) is 5.27. The van der Waals surface area contributed by atoms with E-state index >= 15 is 0 Å². The summed E-state index contributed by atoms with van der Waals surface area (Å²) in [5, 5.41) is 4.16. The van der Waals surface area contributed by atoms with Crippen molar-refractivity contribution < 1.29 is 4.52 Å². The van der Waals surface area contributed by atoms with E-state index in [1.807, 2.05) is 18.2 Å². The predicted octanol–water partition coefficient (Wildman–Crippen LogP) is 2.56. The average Bonchev–Trinajstić information content (AvgIpc) is 2.89. The van der Waals surface area contributed by atoms with Crippen LogP contribution in [0.5, 0.6) is 0 Å². The first-order valence-electron chi connectivity index (χ1n) is 6.85. The minimum Gasteiger partial charge on any atom is -0.338 e. The molecule has 2 aromatic rings. The van der Waals surface area contributed by atoms with Gasteiger partial charge in [-0.15, -0.1) is 12.3 Å². The third-order valence-electron chi connectivity index (χ3n) is 4.06.